The third kappa shape index (κ3) is 8.21. The van der Waals surface area contributed by atoms with E-state index in [0.29, 0.717) is 5.57 Å². The smallest absolute Gasteiger partial charge is 0.143 e. The Bertz CT molecular complexity index is 1260. The quantitative estimate of drug-likeness (QED) is 0.175. The standard InChI is InChI=1S/C21H23ClFN.C10H14N2/c1-4-5-6-16-17-11-18(22)19(23)12-20(17)24-21(16)14(3)15-9-7-13(2)8-10-15;1-4-5-10(3)12-7-6-9(2)8-11/h7-12,14,24H,4-6H2,1-3H3;6-7H,2,4-5H2,1,3H3/b;7-6-,12-10?. The Kier molecular flexibility index (Phi) is 11.6. The number of nitrogens with zero attached hydrogens (tertiary/aromatic N) is 2. The number of allylic oxidation sites excluding steroid dienone is 2. The maximum absolute atomic E-state index is 13.9. The summed E-state index contributed by atoms with van der Waals surface area (Å²) in [5.74, 6) is -0.145. The number of benzene rings is 2. The van der Waals surface area contributed by atoms with Crippen LogP contribution in [0.5, 0.6) is 0 Å². The van der Waals surface area contributed by atoms with E-state index in [1.165, 1.54) is 28.5 Å². The highest BCUT2D eigenvalue weighted by molar-refractivity contribution is 6.31. The van der Waals surface area contributed by atoms with Crippen LogP contribution in [-0.2, 0) is 6.42 Å². The minimum atomic E-state index is -0.373. The maximum atomic E-state index is 13.9. The molecule has 1 heterocycles. The zero-order valence-corrected chi connectivity index (χ0v) is 22.8. The van der Waals surface area contributed by atoms with E-state index in [9.17, 15) is 4.39 Å². The van der Waals surface area contributed by atoms with Crippen molar-refractivity contribution in [3.63, 3.8) is 0 Å². The average Bonchev–Trinajstić information content (AvgIpc) is 3.20. The molecule has 0 bridgehead atoms. The van der Waals surface area contributed by atoms with Crippen LogP contribution in [0.4, 0.5) is 4.39 Å². The first kappa shape index (κ1) is 29.1. The van der Waals surface area contributed by atoms with E-state index >= 15 is 0 Å². The largest absolute Gasteiger partial charge is 0.358 e. The van der Waals surface area contributed by atoms with Crippen molar-refractivity contribution in [1.82, 2.24) is 4.98 Å². The number of aliphatic imine (C=N–C) groups is 1. The first-order valence-electron chi connectivity index (χ1n) is 12.6. The number of unbranched alkanes of at least 4 members (excludes halogenated alkanes) is 1. The monoisotopic (exact) mass is 505 g/mol. The fourth-order valence-corrected chi connectivity index (χ4v) is 4.16. The summed E-state index contributed by atoms with van der Waals surface area (Å²) >= 11 is 6.03. The van der Waals surface area contributed by atoms with Crippen LogP contribution in [0.25, 0.3) is 10.9 Å². The van der Waals surface area contributed by atoms with Gasteiger partial charge in [0, 0.05) is 40.0 Å². The Morgan fingerprint density at radius 1 is 1.22 bits per heavy atom. The fourth-order valence-electron chi connectivity index (χ4n) is 4.00. The van der Waals surface area contributed by atoms with Crippen molar-refractivity contribution < 1.29 is 4.39 Å². The Labute approximate surface area is 220 Å². The molecule has 2 aromatic carbocycles. The molecule has 0 amide bonds. The van der Waals surface area contributed by atoms with Crippen molar-refractivity contribution in [3.8, 4) is 6.07 Å². The summed E-state index contributed by atoms with van der Waals surface area (Å²) in [4.78, 5) is 7.58. The highest BCUT2D eigenvalue weighted by atomic mass is 35.5. The molecule has 1 aromatic heterocycles. The number of hydrogen-bond donors (Lipinski definition) is 1. The van der Waals surface area contributed by atoms with Crippen LogP contribution in [0.2, 0.25) is 5.02 Å². The van der Waals surface area contributed by atoms with E-state index < -0.39 is 0 Å². The molecule has 1 unspecified atom stereocenters. The Hall–Kier alpha value is -3.16. The zero-order valence-electron chi connectivity index (χ0n) is 22.1. The lowest BCUT2D eigenvalue weighted by Gasteiger charge is -2.14. The summed E-state index contributed by atoms with van der Waals surface area (Å²) in [6.07, 6.45) is 8.54. The van der Waals surface area contributed by atoms with E-state index in [4.69, 9.17) is 16.9 Å². The van der Waals surface area contributed by atoms with Crippen LogP contribution < -0.4 is 0 Å². The van der Waals surface area contributed by atoms with Crippen molar-refractivity contribution in [2.24, 2.45) is 4.99 Å². The van der Waals surface area contributed by atoms with Gasteiger partial charge >= 0.3 is 0 Å². The van der Waals surface area contributed by atoms with Crippen LogP contribution in [0.3, 0.4) is 0 Å². The van der Waals surface area contributed by atoms with Gasteiger partial charge in [-0.3, -0.25) is 4.99 Å². The summed E-state index contributed by atoms with van der Waals surface area (Å²) in [5, 5.41) is 9.59. The normalized spacial score (nSPS) is 12.3. The summed E-state index contributed by atoms with van der Waals surface area (Å²) in [6.45, 7) is 14.1. The number of nitrogens with one attached hydrogen (secondary N) is 1. The number of hydrogen-bond acceptors (Lipinski definition) is 2. The number of aromatic nitrogens is 1. The summed E-state index contributed by atoms with van der Waals surface area (Å²) in [6, 6.07) is 13.8. The molecular formula is C31H37ClFN3. The summed E-state index contributed by atoms with van der Waals surface area (Å²) in [7, 11) is 0. The van der Waals surface area contributed by atoms with Crippen LogP contribution in [0, 0.1) is 24.1 Å². The van der Waals surface area contributed by atoms with E-state index in [-0.39, 0.29) is 16.8 Å². The Morgan fingerprint density at radius 3 is 2.53 bits per heavy atom. The summed E-state index contributed by atoms with van der Waals surface area (Å²) in [5.41, 5.74) is 7.30. The van der Waals surface area contributed by atoms with E-state index in [1.807, 2.05) is 13.0 Å². The van der Waals surface area contributed by atoms with E-state index in [0.717, 1.165) is 48.7 Å². The number of aryl methyl sites for hydroxylation is 2. The molecule has 0 aliphatic carbocycles. The molecule has 0 aliphatic rings. The van der Waals surface area contributed by atoms with Gasteiger partial charge in [-0.05, 0) is 62.4 Å². The molecule has 190 valence electrons. The third-order valence-corrected chi connectivity index (χ3v) is 6.39. The molecule has 36 heavy (non-hydrogen) atoms. The molecule has 3 rings (SSSR count). The van der Waals surface area contributed by atoms with Crippen molar-refractivity contribution in [2.45, 2.75) is 72.6 Å². The lowest BCUT2D eigenvalue weighted by atomic mass is 9.92. The molecule has 0 saturated carbocycles. The van der Waals surface area contributed by atoms with Gasteiger partial charge < -0.3 is 4.98 Å². The van der Waals surface area contributed by atoms with Gasteiger partial charge in [-0.2, -0.15) is 5.26 Å². The number of nitriles is 1. The number of aromatic amines is 1. The van der Waals surface area contributed by atoms with Gasteiger partial charge in [0.2, 0.25) is 0 Å². The molecule has 0 fully saturated rings. The second kappa shape index (κ2) is 14.4. The first-order chi connectivity index (χ1) is 17.2. The van der Waals surface area contributed by atoms with Crippen molar-refractivity contribution in [2.75, 3.05) is 0 Å². The molecule has 5 heteroatoms. The molecule has 0 spiro atoms. The molecule has 3 nitrogen and oxygen atoms in total. The molecule has 1 N–H and O–H groups in total. The predicted molar refractivity (Wildman–Crippen MR) is 152 cm³/mol. The minimum Gasteiger partial charge on any atom is -0.358 e. The van der Waals surface area contributed by atoms with Crippen LogP contribution in [0.1, 0.15) is 81.7 Å². The molecule has 1 atom stereocenters. The lowest BCUT2D eigenvalue weighted by Crippen LogP contribution is -2.01. The minimum absolute atomic E-state index is 0.189. The second-order valence-corrected chi connectivity index (χ2v) is 9.54. The van der Waals surface area contributed by atoms with Crippen molar-refractivity contribution >= 4 is 28.2 Å². The molecule has 3 aromatic rings. The number of halogens is 2. The number of rotatable bonds is 9. The first-order valence-corrected chi connectivity index (χ1v) is 12.9. The van der Waals surface area contributed by atoms with Crippen LogP contribution in [0.15, 0.2) is 65.8 Å². The SMILES string of the molecule is C=C(C#N)/C=C\N=C(C)CCC.CCCCc1c(C(C)c2ccc(C)cc2)[nH]c2cc(F)c(Cl)cc12. The van der Waals surface area contributed by atoms with E-state index in [1.54, 1.807) is 18.3 Å². The Morgan fingerprint density at radius 2 is 1.92 bits per heavy atom. The van der Waals surface area contributed by atoms with Gasteiger partial charge in [0.1, 0.15) is 5.82 Å². The third-order valence-electron chi connectivity index (χ3n) is 6.10. The molecule has 0 radical (unpaired) electrons. The van der Waals surface area contributed by atoms with Gasteiger partial charge in [0.25, 0.3) is 0 Å². The maximum Gasteiger partial charge on any atom is 0.143 e. The van der Waals surface area contributed by atoms with Crippen molar-refractivity contribution in [3.05, 3.63) is 94.1 Å². The molecule has 0 saturated heterocycles. The lowest BCUT2D eigenvalue weighted by molar-refractivity contribution is 0.630. The second-order valence-electron chi connectivity index (χ2n) is 9.13. The molecule has 0 aliphatic heterocycles. The average molecular weight is 506 g/mol. The fraction of sp³-hybridized carbons (Fsp3) is 0.355. The molecular weight excluding hydrogens is 469 g/mol. The van der Waals surface area contributed by atoms with Gasteiger partial charge in [0.15, 0.2) is 0 Å². The number of H-pyrrole nitrogens is 1. The number of fused-ring (bicyclic) bond motifs is 1. The highest BCUT2D eigenvalue weighted by Gasteiger charge is 2.19. The summed E-state index contributed by atoms with van der Waals surface area (Å²) < 4.78 is 13.9. The van der Waals surface area contributed by atoms with Gasteiger partial charge in [0.05, 0.1) is 11.1 Å². The van der Waals surface area contributed by atoms with Gasteiger partial charge in [-0.25, -0.2) is 4.39 Å². The predicted octanol–water partition coefficient (Wildman–Crippen LogP) is 9.60. The highest BCUT2D eigenvalue weighted by Crippen LogP contribution is 2.35. The topological polar surface area (TPSA) is 51.9 Å². The van der Waals surface area contributed by atoms with Crippen LogP contribution >= 0.6 is 11.6 Å². The van der Waals surface area contributed by atoms with Crippen molar-refractivity contribution in [1.29, 1.82) is 5.26 Å². The Balaban J connectivity index is 0.000000324. The zero-order chi connectivity index (χ0) is 26.7. The van der Waals surface area contributed by atoms with Gasteiger partial charge in [-0.1, -0.05) is 81.6 Å². The van der Waals surface area contributed by atoms with Crippen LogP contribution in [-0.4, -0.2) is 10.7 Å². The van der Waals surface area contributed by atoms with E-state index in [2.05, 4.69) is 68.5 Å². The van der Waals surface area contributed by atoms with Gasteiger partial charge in [-0.15, -0.1) is 0 Å².